The zero-order chi connectivity index (χ0) is 22.7. The van der Waals surface area contributed by atoms with Crippen LogP contribution in [0.3, 0.4) is 0 Å². The molecule has 0 radical (unpaired) electrons. The Morgan fingerprint density at radius 3 is 2.44 bits per heavy atom. The molecule has 2 heterocycles. The Hall–Kier alpha value is -2.15. The molecule has 3 aromatic rings. The van der Waals surface area contributed by atoms with Crippen LogP contribution >= 0.6 is 15.9 Å². The fourth-order valence-corrected chi connectivity index (χ4v) is 5.06. The number of nitrogens with one attached hydrogen (secondary N) is 1. The van der Waals surface area contributed by atoms with Gasteiger partial charge in [-0.15, -0.1) is 0 Å². The second-order valence-corrected chi connectivity index (χ2v) is 9.60. The molecule has 170 valence electrons. The lowest BCUT2D eigenvalue weighted by molar-refractivity contribution is 0.0643. The molecule has 1 N–H and O–H groups in total. The van der Waals surface area contributed by atoms with Crippen LogP contribution in [0.15, 0.2) is 53.0 Å². The number of piperazine rings is 1. The molecule has 1 aliphatic heterocycles. The van der Waals surface area contributed by atoms with Gasteiger partial charge in [-0.1, -0.05) is 41.9 Å². The maximum absolute atomic E-state index is 13.0. The molecule has 4 rings (SSSR count). The van der Waals surface area contributed by atoms with Crippen LogP contribution in [-0.2, 0) is 0 Å². The number of hydrogen-bond acceptors (Lipinski definition) is 3. The number of amides is 1. The first-order valence-corrected chi connectivity index (χ1v) is 12.4. The van der Waals surface area contributed by atoms with E-state index in [4.69, 9.17) is 0 Å². The van der Waals surface area contributed by atoms with Crippen molar-refractivity contribution in [1.82, 2.24) is 19.7 Å². The van der Waals surface area contributed by atoms with Gasteiger partial charge in [0.2, 0.25) is 0 Å². The lowest BCUT2D eigenvalue weighted by atomic mass is 10.00. The fourth-order valence-electron chi connectivity index (χ4n) is 4.68. The zero-order valence-electron chi connectivity index (χ0n) is 19.3. The topological polar surface area (TPSA) is 42.6 Å². The number of H-pyrrole nitrogens is 1. The second kappa shape index (κ2) is 10.2. The molecule has 1 unspecified atom stereocenters. The highest BCUT2D eigenvalue weighted by molar-refractivity contribution is 9.10. The van der Waals surface area contributed by atoms with E-state index in [1.165, 1.54) is 16.6 Å². The maximum atomic E-state index is 13.0. The minimum atomic E-state index is 0.110. The summed E-state index contributed by atoms with van der Waals surface area (Å²) < 4.78 is 1.08. The van der Waals surface area contributed by atoms with E-state index in [0.717, 1.165) is 61.2 Å². The number of fused-ring (bicyclic) bond motifs is 1. The van der Waals surface area contributed by atoms with E-state index in [-0.39, 0.29) is 11.9 Å². The predicted molar refractivity (Wildman–Crippen MR) is 135 cm³/mol. The van der Waals surface area contributed by atoms with Crippen molar-refractivity contribution in [2.24, 2.45) is 0 Å². The minimum absolute atomic E-state index is 0.110. The highest BCUT2D eigenvalue weighted by atomic mass is 79.9. The molecule has 1 amide bonds. The molecule has 6 heteroatoms. The maximum Gasteiger partial charge on any atom is 0.253 e. The minimum Gasteiger partial charge on any atom is -0.357 e. The zero-order valence-corrected chi connectivity index (χ0v) is 20.9. The van der Waals surface area contributed by atoms with Crippen LogP contribution in [-0.4, -0.2) is 71.9 Å². The Morgan fingerprint density at radius 1 is 1.06 bits per heavy atom. The molecule has 1 atom stereocenters. The summed E-state index contributed by atoms with van der Waals surface area (Å²) >= 11 is 3.58. The summed E-state index contributed by atoms with van der Waals surface area (Å²) in [5.74, 6) is 0.140. The van der Waals surface area contributed by atoms with Gasteiger partial charge in [-0.2, -0.15) is 0 Å². The van der Waals surface area contributed by atoms with E-state index in [1.54, 1.807) is 0 Å². The smallest absolute Gasteiger partial charge is 0.253 e. The summed E-state index contributed by atoms with van der Waals surface area (Å²) in [6.07, 6.45) is 1.08. The normalized spacial score (nSPS) is 16.1. The van der Waals surface area contributed by atoms with Crippen LogP contribution in [0.1, 0.15) is 47.9 Å². The van der Waals surface area contributed by atoms with Gasteiger partial charge in [-0.05, 0) is 68.5 Å². The quantitative estimate of drug-likeness (QED) is 0.492. The fraction of sp³-hybridized carbons (Fsp3) is 0.423. The Morgan fingerprint density at radius 2 is 1.78 bits per heavy atom. The summed E-state index contributed by atoms with van der Waals surface area (Å²) in [4.78, 5) is 23.4. The number of halogens is 1. The molecule has 2 aromatic carbocycles. The van der Waals surface area contributed by atoms with Gasteiger partial charge in [-0.3, -0.25) is 9.69 Å². The van der Waals surface area contributed by atoms with Gasteiger partial charge in [0.05, 0.1) is 6.04 Å². The summed E-state index contributed by atoms with van der Waals surface area (Å²) in [6.45, 7) is 9.95. The van der Waals surface area contributed by atoms with Crippen molar-refractivity contribution in [3.05, 3.63) is 69.8 Å². The number of hydrogen-bond donors (Lipinski definition) is 1. The molecule has 0 aliphatic carbocycles. The van der Waals surface area contributed by atoms with Crippen molar-refractivity contribution >= 4 is 32.7 Å². The monoisotopic (exact) mass is 496 g/mol. The number of aromatic nitrogens is 1. The molecule has 0 spiro atoms. The second-order valence-electron chi connectivity index (χ2n) is 8.69. The lowest BCUT2D eigenvalue weighted by Crippen LogP contribution is -2.48. The SMILES string of the molecule is CCCN(C)C(c1ccc(C(=O)N2CCN(CC)CC2)cc1)c1cc2cc(Br)ccc2[nH]1. The molecule has 1 fully saturated rings. The average molecular weight is 497 g/mol. The van der Waals surface area contributed by atoms with Gasteiger partial charge in [-0.25, -0.2) is 0 Å². The van der Waals surface area contributed by atoms with Gasteiger partial charge < -0.3 is 14.8 Å². The third kappa shape index (κ3) is 4.92. The van der Waals surface area contributed by atoms with E-state index in [1.807, 2.05) is 17.0 Å². The number of aromatic amines is 1. The molecular weight excluding hydrogens is 464 g/mol. The largest absolute Gasteiger partial charge is 0.357 e. The Balaban J connectivity index is 1.58. The van der Waals surface area contributed by atoms with Crippen molar-refractivity contribution in [2.45, 2.75) is 26.3 Å². The number of carbonyl (C=O) groups excluding carboxylic acids is 1. The third-order valence-corrected chi connectivity index (χ3v) is 6.99. The van der Waals surface area contributed by atoms with Crippen molar-refractivity contribution in [3.63, 3.8) is 0 Å². The summed E-state index contributed by atoms with van der Waals surface area (Å²) in [7, 11) is 2.17. The highest BCUT2D eigenvalue weighted by Crippen LogP contribution is 2.31. The van der Waals surface area contributed by atoms with Gasteiger partial charge >= 0.3 is 0 Å². The van der Waals surface area contributed by atoms with Crippen LogP contribution in [0.2, 0.25) is 0 Å². The van der Waals surface area contributed by atoms with E-state index in [2.05, 4.69) is 88.0 Å². The van der Waals surface area contributed by atoms with Crippen molar-refractivity contribution < 1.29 is 4.79 Å². The van der Waals surface area contributed by atoms with Crippen molar-refractivity contribution in [3.8, 4) is 0 Å². The molecule has 1 aromatic heterocycles. The van der Waals surface area contributed by atoms with E-state index >= 15 is 0 Å². The number of carbonyl (C=O) groups is 1. The molecule has 0 saturated carbocycles. The van der Waals surface area contributed by atoms with Crippen LogP contribution in [0.25, 0.3) is 10.9 Å². The average Bonchev–Trinajstić information content (AvgIpc) is 3.22. The van der Waals surface area contributed by atoms with Gasteiger partial charge in [0.1, 0.15) is 0 Å². The van der Waals surface area contributed by atoms with Gasteiger partial charge in [0.25, 0.3) is 5.91 Å². The Kier molecular flexibility index (Phi) is 7.33. The van der Waals surface area contributed by atoms with Crippen LogP contribution in [0, 0.1) is 0 Å². The van der Waals surface area contributed by atoms with E-state index < -0.39 is 0 Å². The van der Waals surface area contributed by atoms with Crippen LogP contribution in [0.5, 0.6) is 0 Å². The first-order valence-electron chi connectivity index (χ1n) is 11.6. The first kappa shape index (κ1) is 23.0. The van der Waals surface area contributed by atoms with E-state index in [9.17, 15) is 4.79 Å². The summed E-state index contributed by atoms with van der Waals surface area (Å²) in [5, 5.41) is 1.20. The molecule has 32 heavy (non-hydrogen) atoms. The number of likely N-dealkylation sites (N-methyl/N-ethyl adjacent to an activating group) is 1. The molecular formula is C26H33BrN4O. The van der Waals surface area contributed by atoms with Crippen molar-refractivity contribution in [1.29, 1.82) is 0 Å². The molecule has 0 bridgehead atoms. The number of rotatable bonds is 7. The number of nitrogens with zero attached hydrogens (tertiary/aromatic N) is 3. The molecule has 1 saturated heterocycles. The number of benzene rings is 2. The van der Waals surface area contributed by atoms with Crippen LogP contribution < -0.4 is 0 Å². The highest BCUT2D eigenvalue weighted by Gasteiger charge is 2.24. The van der Waals surface area contributed by atoms with Gasteiger partial charge in [0.15, 0.2) is 0 Å². The molecule has 5 nitrogen and oxygen atoms in total. The third-order valence-electron chi connectivity index (χ3n) is 6.50. The van der Waals surface area contributed by atoms with Gasteiger partial charge in [0, 0.05) is 52.8 Å². The Bertz CT molecular complexity index is 1050. The standard InChI is InChI=1S/C26H33BrN4O/c1-4-12-29(3)25(24-18-21-17-22(27)10-11-23(21)28-24)19-6-8-20(9-7-19)26(32)31-15-13-30(5-2)14-16-31/h6-11,17-18,25,28H,4-5,12-16H2,1-3H3. The lowest BCUT2D eigenvalue weighted by Gasteiger charge is -2.34. The summed E-state index contributed by atoms with van der Waals surface area (Å²) in [5.41, 5.74) is 4.27. The Labute approximate surface area is 199 Å². The van der Waals surface area contributed by atoms with Crippen molar-refractivity contribution in [2.75, 3.05) is 46.3 Å². The first-order chi connectivity index (χ1) is 15.5. The van der Waals surface area contributed by atoms with E-state index in [0.29, 0.717) is 0 Å². The molecule has 1 aliphatic rings. The summed E-state index contributed by atoms with van der Waals surface area (Å²) in [6, 6.07) is 16.9. The predicted octanol–water partition coefficient (Wildman–Crippen LogP) is 5.14. The van der Waals surface area contributed by atoms with Crippen LogP contribution in [0.4, 0.5) is 0 Å².